The molecule has 0 heterocycles. The van der Waals surface area contributed by atoms with Crippen LogP contribution in [0.4, 0.5) is 0 Å². The van der Waals surface area contributed by atoms with Crippen LogP contribution in [0.5, 0.6) is 0 Å². The minimum absolute atomic E-state index is 0.0157. The van der Waals surface area contributed by atoms with Gasteiger partial charge in [0.05, 0.1) is 18.8 Å². The maximum absolute atomic E-state index is 8.75. The average molecular weight is 177 g/mol. The van der Waals surface area contributed by atoms with Crippen molar-refractivity contribution >= 4 is 0 Å². The lowest BCUT2D eigenvalue weighted by molar-refractivity contribution is -0.164. The zero-order chi connectivity index (χ0) is 9.56. The lowest BCUT2D eigenvalue weighted by atomic mass is 10.4. The molecule has 0 radical (unpaired) electrons. The molecule has 4 nitrogen and oxygen atoms in total. The van der Waals surface area contributed by atoms with E-state index in [9.17, 15) is 0 Å². The van der Waals surface area contributed by atoms with E-state index in [1.807, 2.05) is 20.8 Å². The van der Waals surface area contributed by atoms with Gasteiger partial charge in [0.1, 0.15) is 6.73 Å². The molecule has 0 spiro atoms. The first-order chi connectivity index (χ1) is 5.52. The lowest BCUT2D eigenvalue weighted by Gasteiger charge is -2.16. The van der Waals surface area contributed by atoms with E-state index < -0.39 is 0 Å². The summed E-state index contributed by atoms with van der Waals surface area (Å²) in [6.45, 7) is 6.63. The number of hydrogen-bond donors (Lipinski definition) is 1. The van der Waals surface area contributed by atoms with Crippen molar-refractivity contribution in [2.45, 2.75) is 33.0 Å². The fourth-order valence-corrected chi connectivity index (χ4v) is 0.611. The van der Waals surface area contributed by atoms with Gasteiger partial charge in [-0.15, -0.1) is 0 Å². The fourth-order valence-electron chi connectivity index (χ4n) is 0.611. The molecule has 0 aromatic heterocycles. The quantitative estimate of drug-likeness (QED) is 0.487. The Morgan fingerprint density at radius 2 is 1.83 bits per heavy atom. The highest BCUT2D eigenvalue weighted by atomic mass is 16.6. The molecule has 4 heteroatoms. The van der Waals surface area contributed by atoms with Crippen molar-refractivity contribution in [3.8, 4) is 0 Å². The van der Waals surface area contributed by atoms with Gasteiger partial charge >= 0.3 is 0 Å². The van der Waals surface area contributed by atoms with Gasteiger partial charge in [-0.1, -0.05) is 0 Å². The summed E-state index contributed by atoms with van der Waals surface area (Å²) in [4.78, 5) is 0. The third kappa shape index (κ3) is 7.94. The summed E-state index contributed by atoms with van der Waals surface area (Å²) >= 11 is 0. The van der Waals surface area contributed by atoms with Crippen LogP contribution >= 0.6 is 0 Å². The lowest BCUT2D eigenvalue weighted by Crippen LogP contribution is -2.25. The Morgan fingerprint density at radius 3 is 2.25 bits per heavy atom. The molecule has 0 aromatic rings. The highest BCUT2D eigenvalue weighted by molar-refractivity contribution is 4.47. The second kappa shape index (κ2) is 6.37. The zero-order valence-corrected chi connectivity index (χ0v) is 8.28. The van der Waals surface area contributed by atoms with E-state index in [-0.39, 0.29) is 18.9 Å². The Kier molecular flexibility index (Phi) is 6.28. The van der Waals surface area contributed by atoms with Gasteiger partial charge in [0.25, 0.3) is 0 Å². The van der Waals surface area contributed by atoms with Gasteiger partial charge < -0.3 is 14.7 Å². The van der Waals surface area contributed by atoms with Gasteiger partial charge in [-0.05, 0) is 20.8 Å². The van der Waals surface area contributed by atoms with Crippen molar-refractivity contribution in [2.75, 3.05) is 20.4 Å². The number of ether oxygens (including phenoxy) is 2. The molecule has 0 saturated heterocycles. The predicted octanol–water partition coefficient (Wildman–Crippen LogP) is 1.10. The van der Waals surface area contributed by atoms with E-state index >= 15 is 0 Å². The van der Waals surface area contributed by atoms with Gasteiger partial charge in [-0.3, -0.25) is 0 Å². The van der Waals surface area contributed by atoms with Crippen LogP contribution in [0.1, 0.15) is 20.8 Å². The van der Waals surface area contributed by atoms with Crippen LogP contribution in [-0.2, 0) is 9.47 Å². The number of nitrogens with zero attached hydrogens (tertiary/aromatic N) is 1. The zero-order valence-electron chi connectivity index (χ0n) is 8.28. The van der Waals surface area contributed by atoms with Crippen LogP contribution in [-0.4, -0.2) is 42.9 Å². The molecule has 1 N–H and O–H groups in total. The molecule has 12 heavy (non-hydrogen) atoms. The Bertz CT molecular complexity index is 94.5. The van der Waals surface area contributed by atoms with Crippen LogP contribution in [0.2, 0.25) is 0 Å². The largest absolute Gasteiger partial charge is 0.376 e. The molecule has 1 unspecified atom stereocenters. The standard InChI is InChI=1S/C8H19NO3/c1-7(2)11-5-8(3)12-6-9(4)10/h7-8,10H,5-6H2,1-4H3. The molecule has 0 amide bonds. The van der Waals surface area contributed by atoms with Gasteiger partial charge in [0, 0.05) is 7.05 Å². The maximum atomic E-state index is 8.75. The average Bonchev–Trinajstić information content (AvgIpc) is 1.96. The van der Waals surface area contributed by atoms with Crippen LogP contribution in [0.3, 0.4) is 0 Å². The highest BCUT2D eigenvalue weighted by Gasteiger charge is 2.04. The smallest absolute Gasteiger partial charge is 0.122 e. The molecule has 0 aliphatic rings. The van der Waals surface area contributed by atoms with Gasteiger partial charge in [-0.25, -0.2) is 0 Å². The first kappa shape index (κ1) is 11.8. The monoisotopic (exact) mass is 177 g/mol. The van der Waals surface area contributed by atoms with Gasteiger partial charge in [0.2, 0.25) is 0 Å². The third-order valence-corrected chi connectivity index (χ3v) is 1.21. The van der Waals surface area contributed by atoms with E-state index in [2.05, 4.69) is 0 Å². The minimum Gasteiger partial charge on any atom is -0.376 e. The predicted molar refractivity (Wildman–Crippen MR) is 46.1 cm³/mol. The first-order valence-corrected chi connectivity index (χ1v) is 4.15. The Hall–Kier alpha value is -0.160. The van der Waals surface area contributed by atoms with Gasteiger partial charge in [-0.2, -0.15) is 5.06 Å². The van der Waals surface area contributed by atoms with E-state index in [0.29, 0.717) is 6.61 Å². The Morgan fingerprint density at radius 1 is 1.25 bits per heavy atom. The van der Waals surface area contributed by atoms with E-state index in [0.717, 1.165) is 5.06 Å². The number of hydrogen-bond acceptors (Lipinski definition) is 4. The molecule has 0 rings (SSSR count). The van der Waals surface area contributed by atoms with Crippen molar-refractivity contribution in [1.82, 2.24) is 5.06 Å². The summed E-state index contributed by atoms with van der Waals surface area (Å²) < 4.78 is 10.5. The summed E-state index contributed by atoms with van der Waals surface area (Å²) in [7, 11) is 1.54. The SMILES string of the molecule is CC(C)OCC(C)OCN(C)O. The van der Waals surface area contributed by atoms with Crippen molar-refractivity contribution in [2.24, 2.45) is 0 Å². The van der Waals surface area contributed by atoms with Crippen molar-refractivity contribution in [3.05, 3.63) is 0 Å². The molecular formula is C8H19NO3. The molecule has 0 aliphatic heterocycles. The molecule has 74 valence electrons. The molecule has 0 aromatic carbocycles. The van der Waals surface area contributed by atoms with Crippen LogP contribution in [0, 0.1) is 0 Å². The third-order valence-electron chi connectivity index (χ3n) is 1.21. The summed E-state index contributed by atoms with van der Waals surface area (Å²) in [6.07, 6.45) is 0.241. The molecular weight excluding hydrogens is 158 g/mol. The maximum Gasteiger partial charge on any atom is 0.122 e. The van der Waals surface area contributed by atoms with E-state index in [4.69, 9.17) is 14.7 Å². The normalized spacial score (nSPS) is 14.2. The second-order valence-electron chi connectivity index (χ2n) is 3.15. The van der Waals surface area contributed by atoms with E-state index in [1.165, 1.54) is 7.05 Å². The van der Waals surface area contributed by atoms with Crippen LogP contribution < -0.4 is 0 Å². The molecule has 1 atom stereocenters. The molecule has 0 bridgehead atoms. The second-order valence-corrected chi connectivity index (χ2v) is 3.15. The summed E-state index contributed by atoms with van der Waals surface area (Å²) in [5.74, 6) is 0. The van der Waals surface area contributed by atoms with Crippen molar-refractivity contribution in [3.63, 3.8) is 0 Å². The first-order valence-electron chi connectivity index (χ1n) is 4.15. The molecule has 0 fully saturated rings. The minimum atomic E-state index is 0.0157. The summed E-state index contributed by atoms with van der Waals surface area (Å²) in [5.41, 5.74) is 0. The van der Waals surface area contributed by atoms with Crippen LogP contribution in [0.25, 0.3) is 0 Å². The Labute approximate surface area is 74.0 Å². The fraction of sp³-hybridized carbons (Fsp3) is 1.00. The van der Waals surface area contributed by atoms with Gasteiger partial charge in [0.15, 0.2) is 0 Å². The number of rotatable bonds is 6. The highest BCUT2D eigenvalue weighted by Crippen LogP contribution is 1.95. The van der Waals surface area contributed by atoms with Crippen molar-refractivity contribution < 1.29 is 14.7 Å². The van der Waals surface area contributed by atoms with Crippen molar-refractivity contribution in [1.29, 1.82) is 0 Å². The summed E-state index contributed by atoms with van der Waals surface area (Å²) in [5, 5.41) is 9.74. The topological polar surface area (TPSA) is 41.9 Å². The molecule has 0 saturated carbocycles. The summed E-state index contributed by atoms with van der Waals surface area (Å²) in [6, 6.07) is 0. The Balaban J connectivity index is 3.27. The van der Waals surface area contributed by atoms with E-state index in [1.54, 1.807) is 0 Å². The molecule has 0 aliphatic carbocycles. The number of hydroxylamine groups is 2. The van der Waals surface area contributed by atoms with Crippen LogP contribution in [0.15, 0.2) is 0 Å².